The smallest absolute Gasteiger partial charge is 0.256 e. The number of benzene rings is 1. The number of ether oxygens (including phenoxy) is 1. The van der Waals surface area contributed by atoms with Crippen LogP contribution in [0.15, 0.2) is 29.2 Å². The third kappa shape index (κ3) is 2.83. The second-order valence-electron chi connectivity index (χ2n) is 5.43. The second kappa shape index (κ2) is 5.69. The third-order valence-electron chi connectivity index (χ3n) is 3.80. The van der Waals surface area contributed by atoms with Gasteiger partial charge in [-0.3, -0.25) is 9.59 Å². The summed E-state index contributed by atoms with van der Waals surface area (Å²) in [5, 5.41) is 3.31. The van der Waals surface area contributed by atoms with Gasteiger partial charge in [-0.1, -0.05) is 6.07 Å². The lowest BCUT2D eigenvalue weighted by atomic mass is 10.1. The molecule has 5 heteroatoms. The molecule has 1 saturated heterocycles. The molecule has 1 aliphatic rings. The molecule has 0 radical (unpaired) electrons. The van der Waals surface area contributed by atoms with E-state index >= 15 is 0 Å². The summed E-state index contributed by atoms with van der Waals surface area (Å²) in [6, 6.07) is 5.51. The lowest BCUT2D eigenvalue weighted by molar-refractivity contribution is 0.0857. The van der Waals surface area contributed by atoms with Gasteiger partial charge in [0.15, 0.2) is 0 Å². The van der Waals surface area contributed by atoms with E-state index in [1.165, 1.54) is 6.20 Å². The monoisotopic (exact) mass is 286 g/mol. The molecule has 2 N–H and O–H groups in total. The largest absolute Gasteiger partial charge is 0.376 e. The highest BCUT2D eigenvalue weighted by Gasteiger charge is 2.18. The summed E-state index contributed by atoms with van der Waals surface area (Å²) in [6.45, 7) is 3.15. The van der Waals surface area contributed by atoms with Crippen molar-refractivity contribution in [2.75, 3.05) is 13.2 Å². The van der Waals surface area contributed by atoms with E-state index in [4.69, 9.17) is 4.74 Å². The van der Waals surface area contributed by atoms with Crippen LogP contribution in [0.3, 0.4) is 0 Å². The van der Waals surface area contributed by atoms with Gasteiger partial charge in [-0.15, -0.1) is 0 Å². The first kappa shape index (κ1) is 13.8. The molecular formula is C16H18N2O3. The summed E-state index contributed by atoms with van der Waals surface area (Å²) in [5.41, 5.74) is 1.71. The Morgan fingerprint density at radius 3 is 3.10 bits per heavy atom. The highest BCUT2D eigenvalue weighted by atomic mass is 16.5. The SMILES string of the molecule is Cc1ccc2c(=O)c(C(=O)NC[C@@H]3CCCO3)c[nH]c2c1. The van der Waals surface area contributed by atoms with Crippen molar-refractivity contribution in [3.8, 4) is 0 Å². The average molecular weight is 286 g/mol. The number of H-pyrrole nitrogens is 1. The highest BCUT2D eigenvalue weighted by Crippen LogP contribution is 2.12. The topological polar surface area (TPSA) is 71.2 Å². The van der Waals surface area contributed by atoms with E-state index in [1.54, 1.807) is 6.07 Å². The van der Waals surface area contributed by atoms with Crippen LogP contribution in [0.5, 0.6) is 0 Å². The molecule has 0 saturated carbocycles. The Labute approximate surface area is 122 Å². The summed E-state index contributed by atoms with van der Waals surface area (Å²) in [7, 11) is 0. The van der Waals surface area contributed by atoms with Crippen LogP contribution in [0.2, 0.25) is 0 Å². The average Bonchev–Trinajstić information content (AvgIpc) is 2.98. The van der Waals surface area contributed by atoms with Crippen LogP contribution in [0, 0.1) is 6.92 Å². The Balaban J connectivity index is 1.82. The minimum absolute atomic E-state index is 0.0659. The number of pyridine rings is 1. The molecule has 0 unspecified atom stereocenters. The van der Waals surface area contributed by atoms with Crippen molar-refractivity contribution in [3.63, 3.8) is 0 Å². The van der Waals surface area contributed by atoms with Gasteiger partial charge >= 0.3 is 0 Å². The fourth-order valence-corrected chi connectivity index (χ4v) is 2.61. The van der Waals surface area contributed by atoms with Crippen molar-refractivity contribution in [2.24, 2.45) is 0 Å². The summed E-state index contributed by atoms with van der Waals surface area (Å²) in [4.78, 5) is 27.5. The molecule has 2 aromatic rings. The van der Waals surface area contributed by atoms with Crippen LogP contribution in [0.1, 0.15) is 28.8 Å². The normalized spacial score (nSPS) is 18.0. The van der Waals surface area contributed by atoms with Crippen LogP contribution in [-0.2, 0) is 4.74 Å². The van der Waals surface area contributed by atoms with Crippen molar-refractivity contribution in [3.05, 3.63) is 45.7 Å². The van der Waals surface area contributed by atoms with E-state index in [2.05, 4.69) is 10.3 Å². The lowest BCUT2D eigenvalue weighted by Gasteiger charge is -2.10. The van der Waals surface area contributed by atoms with E-state index in [1.807, 2.05) is 19.1 Å². The maximum absolute atomic E-state index is 12.4. The number of aryl methyl sites for hydroxylation is 1. The van der Waals surface area contributed by atoms with Crippen LogP contribution >= 0.6 is 0 Å². The van der Waals surface area contributed by atoms with E-state index < -0.39 is 0 Å². The molecule has 21 heavy (non-hydrogen) atoms. The van der Waals surface area contributed by atoms with Crippen LogP contribution in [0.25, 0.3) is 10.9 Å². The molecule has 0 spiro atoms. The number of carbonyl (C=O) groups excluding carboxylic acids is 1. The minimum Gasteiger partial charge on any atom is -0.376 e. The number of carbonyl (C=O) groups is 1. The van der Waals surface area contributed by atoms with Gasteiger partial charge in [0.1, 0.15) is 5.56 Å². The molecule has 1 aromatic heterocycles. The molecule has 110 valence electrons. The lowest BCUT2D eigenvalue weighted by Crippen LogP contribution is -2.34. The zero-order valence-corrected chi connectivity index (χ0v) is 11.9. The van der Waals surface area contributed by atoms with Gasteiger partial charge in [0, 0.05) is 30.3 Å². The van der Waals surface area contributed by atoms with E-state index in [0.29, 0.717) is 11.9 Å². The van der Waals surface area contributed by atoms with Crippen molar-refractivity contribution in [2.45, 2.75) is 25.9 Å². The zero-order chi connectivity index (χ0) is 14.8. The molecule has 5 nitrogen and oxygen atoms in total. The first-order valence-corrected chi connectivity index (χ1v) is 7.17. The van der Waals surface area contributed by atoms with Gasteiger partial charge in [-0.2, -0.15) is 0 Å². The zero-order valence-electron chi connectivity index (χ0n) is 11.9. The maximum atomic E-state index is 12.4. The van der Waals surface area contributed by atoms with Crippen molar-refractivity contribution >= 4 is 16.8 Å². The van der Waals surface area contributed by atoms with Gasteiger partial charge in [0.25, 0.3) is 5.91 Å². The number of fused-ring (bicyclic) bond motifs is 1. The summed E-state index contributed by atoms with van der Waals surface area (Å²) >= 11 is 0. The van der Waals surface area contributed by atoms with Gasteiger partial charge < -0.3 is 15.0 Å². The number of hydrogen-bond acceptors (Lipinski definition) is 3. The van der Waals surface area contributed by atoms with E-state index in [0.717, 1.165) is 30.5 Å². The second-order valence-corrected chi connectivity index (χ2v) is 5.43. The van der Waals surface area contributed by atoms with Crippen molar-refractivity contribution in [1.29, 1.82) is 0 Å². The third-order valence-corrected chi connectivity index (χ3v) is 3.80. The van der Waals surface area contributed by atoms with Gasteiger partial charge in [0.2, 0.25) is 5.43 Å². The predicted octanol–water partition coefficient (Wildman–Crippen LogP) is 1.75. The fraction of sp³-hybridized carbons (Fsp3) is 0.375. The standard InChI is InChI=1S/C16H18N2O3/c1-10-4-5-12-14(7-10)17-9-13(15(12)19)16(20)18-8-11-3-2-6-21-11/h4-5,7,9,11H,2-3,6,8H2,1H3,(H,17,19)(H,18,20)/t11-/m0/s1. The number of aromatic amines is 1. The Hall–Kier alpha value is -2.14. The molecule has 1 atom stereocenters. The highest BCUT2D eigenvalue weighted by molar-refractivity contribution is 5.97. The number of hydrogen-bond donors (Lipinski definition) is 2. The molecule has 1 fully saturated rings. The first-order chi connectivity index (χ1) is 10.1. The molecule has 1 amide bonds. The Bertz CT molecular complexity index is 730. The van der Waals surface area contributed by atoms with Crippen LogP contribution < -0.4 is 10.7 Å². The number of rotatable bonds is 3. The Kier molecular flexibility index (Phi) is 3.75. The van der Waals surface area contributed by atoms with Gasteiger partial charge in [-0.05, 0) is 37.5 Å². The van der Waals surface area contributed by atoms with Gasteiger partial charge in [-0.25, -0.2) is 0 Å². The first-order valence-electron chi connectivity index (χ1n) is 7.17. The molecule has 1 aromatic carbocycles. The van der Waals surface area contributed by atoms with Crippen LogP contribution in [-0.4, -0.2) is 30.1 Å². The van der Waals surface area contributed by atoms with Gasteiger partial charge in [0.05, 0.1) is 6.10 Å². The quantitative estimate of drug-likeness (QED) is 0.903. The number of nitrogens with one attached hydrogen (secondary N) is 2. The van der Waals surface area contributed by atoms with Crippen molar-refractivity contribution < 1.29 is 9.53 Å². The maximum Gasteiger partial charge on any atom is 0.256 e. The molecule has 0 bridgehead atoms. The molecule has 2 heterocycles. The van der Waals surface area contributed by atoms with E-state index in [-0.39, 0.29) is 23.0 Å². The summed E-state index contributed by atoms with van der Waals surface area (Å²) in [6.07, 6.45) is 3.52. The molecular weight excluding hydrogens is 268 g/mol. The van der Waals surface area contributed by atoms with E-state index in [9.17, 15) is 9.59 Å². The molecule has 1 aliphatic heterocycles. The number of amides is 1. The fourth-order valence-electron chi connectivity index (χ4n) is 2.61. The Morgan fingerprint density at radius 2 is 2.33 bits per heavy atom. The predicted molar refractivity (Wildman–Crippen MR) is 80.6 cm³/mol. The summed E-state index contributed by atoms with van der Waals surface area (Å²) < 4.78 is 5.45. The minimum atomic E-state index is -0.353. The van der Waals surface area contributed by atoms with Crippen LogP contribution in [0.4, 0.5) is 0 Å². The number of aromatic nitrogens is 1. The summed E-state index contributed by atoms with van der Waals surface area (Å²) in [5.74, 6) is -0.353. The van der Waals surface area contributed by atoms with Crippen molar-refractivity contribution in [1.82, 2.24) is 10.3 Å². The Morgan fingerprint density at radius 1 is 1.48 bits per heavy atom. The molecule has 3 rings (SSSR count). The molecule has 0 aliphatic carbocycles.